The first-order chi connectivity index (χ1) is 7.03. The Morgan fingerprint density at radius 2 is 2.20 bits per heavy atom. The molecule has 0 radical (unpaired) electrons. The summed E-state index contributed by atoms with van der Waals surface area (Å²) in [5.41, 5.74) is 6.02. The third-order valence-corrected chi connectivity index (χ3v) is 3.21. The van der Waals surface area contributed by atoms with E-state index in [9.17, 15) is 0 Å². The van der Waals surface area contributed by atoms with Gasteiger partial charge in [0.25, 0.3) is 0 Å². The van der Waals surface area contributed by atoms with Crippen LogP contribution in [0.1, 0.15) is 33.6 Å². The molecule has 15 heavy (non-hydrogen) atoms. The zero-order valence-electron chi connectivity index (χ0n) is 10.5. The molecule has 1 atom stereocenters. The van der Waals surface area contributed by atoms with Crippen LogP contribution in [0.4, 0.5) is 0 Å². The first-order valence-electron chi connectivity index (χ1n) is 6.07. The molecule has 0 saturated carbocycles. The molecule has 1 aliphatic heterocycles. The summed E-state index contributed by atoms with van der Waals surface area (Å²) < 4.78 is 5.51. The molecule has 1 fully saturated rings. The van der Waals surface area contributed by atoms with Crippen LogP contribution in [-0.2, 0) is 4.74 Å². The Balaban J connectivity index is 2.14. The predicted molar refractivity (Wildman–Crippen MR) is 63.9 cm³/mol. The van der Waals surface area contributed by atoms with E-state index in [4.69, 9.17) is 10.5 Å². The maximum atomic E-state index is 5.71. The van der Waals surface area contributed by atoms with Crippen LogP contribution < -0.4 is 5.73 Å². The van der Waals surface area contributed by atoms with Crippen LogP contribution in [0.3, 0.4) is 0 Å². The van der Waals surface area contributed by atoms with Crippen LogP contribution >= 0.6 is 0 Å². The van der Waals surface area contributed by atoms with Gasteiger partial charge in [-0.1, -0.05) is 13.8 Å². The maximum Gasteiger partial charge on any atom is 0.0674 e. The van der Waals surface area contributed by atoms with Crippen molar-refractivity contribution in [3.05, 3.63) is 0 Å². The third-order valence-electron chi connectivity index (χ3n) is 3.21. The second-order valence-corrected chi connectivity index (χ2v) is 5.45. The van der Waals surface area contributed by atoms with Crippen LogP contribution in [0.15, 0.2) is 0 Å². The number of nitrogens with zero attached hydrogens (tertiary/aromatic N) is 1. The minimum atomic E-state index is 0.303. The number of hydrogen-bond acceptors (Lipinski definition) is 3. The smallest absolute Gasteiger partial charge is 0.0674 e. The van der Waals surface area contributed by atoms with E-state index in [1.54, 1.807) is 0 Å². The molecule has 1 unspecified atom stereocenters. The van der Waals surface area contributed by atoms with Crippen molar-refractivity contribution in [2.45, 2.75) is 39.7 Å². The highest BCUT2D eigenvalue weighted by atomic mass is 16.5. The van der Waals surface area contributed by atoms with Gasteiger partial charge in [-0.3, -0.25) is 4.90 Å². The predicted octanol–water partition coefficient (Wildman–Crippen LogP) is 1.47. The molecule has 0 aromatic carbocycles. The highest BCUT2D eigenvalue weighted by molar-refractivity contribution is 4.72. The molecule has 0 spiro atoms. The van der Waals surface area contributed by atoms with Gasteiger partial charge in [0.15, 0.2) is 0 Å². The summed E-state index contributed by atoms with van der Waals surface area (Å²) in [7, 11) is 0. The van der Waals surface area contributed by atoms with E-state index in [-0.39, 0.29) is 0 Å². The lowest BCUT2D eigenvalue weighted by Gasteiger charge is -2.32. The minimum absolute atomic E-state index is 0.303. The van der Waals surface area contributed by atoms with Gasteiger partial charge in [-0.25, -0.2) is 0 Å². The summed E-state index contributed by atoms with van der Waals surface area (Å²) in [4.78, 5) is 2.50. The molecule has 0 bridgehead atoms. The Labute approximate surface area is 94.0 Å². The van der Waals surface area contributed by atoms with Gasteiger partial charge in [-0.05, 0) is 38.3 Å². The lowest BCUT2D eigenvalue weighted by atomic mass is 9.88. The average molecular weight is 214 g/mol. The molecule has 1 aliphatic rings. The fraction of sp³-hybridized carbons (Fsp3) is 1.00. The van der Waals surface area contributed by atoms with Gasteiger partial charge in [0.05, 0.1) is 12.7 Å². The quantitative estimate of drug-likeness (QED) is 0.753. The van der Waals surface area contributed by atoms with Crippen molar-refractivity contribution in [2.75, 3.05) is 32.8 Å². The van der Waals surface area contributed by atoms with Gasteiger partial charge in [0.1, 0.15) is 0 Å². The van der Waals surface area contributed by atoms with Crippen LogP contribution in [0.25, 0.3) is 0 Å². The normalized spacial score (nSPS) is 24.4. The maximum absolute atomic E-state index is 5.71. The van der Waals surface area contributed by atoms with Crippen LogP contribution in [0.2, 0.25) is 0 Å². The van der Waals surface area contributed by atoms with E-state index in [2.05, 4.69) is 25.7 Å². The molecule has 0 aromatic rings. The molecule has 90 valence electrons. The Morgan fingerprint density at radius 3 is 2.80 bits per heavy atom. The number of morpholine rings is 1. The number of hydrogen-bond donors (Lipinski definition) is 1. The molecule has 1 heterocycles. The lowest BCUT2D eigenvalue weighted by molar-refractivity contribution is -0.0192. The van der Waals surface area contributed by atoms with Crippen molar-refractivity contribution in [1.82, 2.24) is 4.90 Å². The monoisotopic (exact) mass is 214 g/mol. The number of nitrogens with two attached hydrogens (primary N) is 1. The van der Waals surface area contributed by atoms with E-state index < -0.39 is 0 Å². The van der Waals surface area contributed by atoms with Crippen molar-refractivity contribution in [3.8, 4) is 0 Å². The zero-order valence-corrected chi connectivity index (χ0v) is 10.5. The molecule has 0 aromatic heterocycles. The Kier molecular flexibility index (Phi) is 5.03. The van der Waals surface area contributed by atoms with Crippen molar-refractivity contribution >= 4 is 0 Å². The minimum Gasteiger partial charge on any atom is -0.376 e. The molecule has 1 rings (SSSR count). The first-order valence-corrected chi connectivity index (χ1v) is 6.07. The summed E-state index contributed by atoms with van der Waals surface area (Å²) in [6, 6.07) is 0. The second-order valence-electron chi connectivity index (χ2n) is 5.45. The summed E-state index contributed by atoms with van der Waals surface area (Å²) in [5, 5.41) is 0. The molecular formula is C12H26N2O. The molecule has 3 heteroatoms. The van der Waals surface area contributed by atoms with Gasteiger partial charge in [0.2, 0.25) is 0 Å². The van der Waals surface area contributed by atoms with Gasteiger partial charge in [-0.2, -0.15) is 0 Å². The van der Waals surface area contributed by atoms with Crippen molar-refractivity contribution in [3.63, 3.8) is 0 Å². The Morgan fingerprint density at radius 1 is 1.47 bits per heavy atom. The average Bonchev–Trinajstić information content (AvgIpc) is 2.18. The van der Waals surface area contributed by atoms with Gasteiger partial charge in [0, 0.05) is 13.1 Å². The van der Waals surface area contributed by atoms with E-state index in [1.165, 1.54) is 19.4 Å². The first kappa shape index (κ1) is 12.9. The molecule has 0 amide bonds. The second kappa shape index (κ2) is 5.83. The highest BCUT2D eigenvalue weighted by Crippen LogP contribution is 2.20. The lowest BCUT2D eigenvalue weighted by Crippen LogP contribution is -2.41. The number of rotatable bonds is 5. The topological polar surface area (TPSA) is 38.5 Å². The van der Waals surface area contributed by atoms with E-state index in [0.717, 1.165) is 26.2 Å². The van der Waals surface area contributed by atoms with Crippen molar-refractivity contribution in [2.24, 2.45) is 11.1 Å². The molecule has 3 nitrogen and oxygen atoms in total. The number of ether oxygens (including phenoxy) is 1. The van der Waals surface area contributed by atoms with Gasteiger partial charge < -0.3 is 10.5 Å². The van der Waals surface area contributed by atoms with E-state index >= 15 is 0 Å². The molecule has 2 N–H and O–H groups in total. The molecule has 0 aliphatic carbocycles. The van der Waals surface area contributed by atoms with E-state index in [1.807, 2.05) is 0 Å². The van der Waals surface area contributed by atoms with Gasteiger partial charge in [-0.15, -0.1) is 0 Å². The summed E-state index contributed by atoms with van der Waals surface area (Å²) in [6.45, 7) is 11.7. The Bertz CT molecular complexity index is 182. The largest absolute Gasteiger partial charge is 0.376 e. The fourth-order valence-electron chi connectivity index (χ4n) is 1.98. The Hall–Kier alpha value is -0.120. The third kappa shape index (κ3) is 4.96. The standard InChI is InChI=1S/C12H26N2O/c1-11-9-14(7-8-15-11)6-4-5-12(2,3)10-13/h11H,4-10,13H2,1-3H3. The molecular weight excluding hydrogens is 188 g/mol. The fourth-order valence-corrected chi connectivity index (χ4v) is 1.98. The van der Waals surface area contributed by atoms with Crippen molar-refractivity contribution < 1.29 is 4.74 Å². The summed E-state index contributed by atoms with van der Waals surface area (Å²) >= 11 is 0. The van der Waals surface area contributed by atoms with Crippen LogP contribution in [-0.4, -0.2) is 43.8 Å². The highest BCUT2D eigenvalue weighted by Gasteiger charge is 2.18. The summed E-state index contributed by atoms with van der Waals surface area (Å²) in [6.07, 6.45) is 2.87. The molecule has 1 saturated heterocycles. The zero-order chi connectivity index (χ0) is 11.3. The van der Waals surface area contributed by atoms with Crippen LogP contribution in [0, 0.1) is 5.41 Å². The van der Waals surface area contributed by atoms with Crippen molar-refractivity contribution in [1.29, 1.82) is 0 Å². The SMILES string of the molecule is CC1CN(CCCC(C)(C)CN)CCO1. The summed E-state index contributed by atoms with van der Waals surface area (Å²) in [5.74, 6) is 0. The van der Waals surface area contributed by atoms with E-state index in [0.29, 0.717) is 11.5 Å². The van der Waals surface area contributed by atoms with Crippen LogP contribution in [0.5, 0.6) is 0 Å². The van der Waals surface area contributed by atoms with Gasteiger partial charge >= 0.3 is 0 Å².